The Balaban J connectivity index is 2.11. The third-order valence-corrected chi connectivity index (χ3v) is 3.47. The summed E-state index contributed by atoms with van der Waals surface area (Å²) in [6, 6.07) is 6.16. The lowest BCUT2D eigenvalue weighted by Gasteiger charge is -2.25. The van der Waals surface area contributed by atoms with E-state index in [1.807, 2.05) is 19.1 Å². The summed E-state index contributed by atoms with van der Waals surface area (Å²) >= 11 is 0. The zero-order valence-electron chi connectivity index (χ0n) is 13.1. The number of hydrogen-bond acceptors (Lipinski definition) is 4. The predicted molar refractivity (Wildman–Crippen MR) is 84.1 cm³/mol. The van der Waals surface area contributed by atoms with Gasteiger partial charge in [-0.05, 0) is 44.2 Å². The van der Waals surface area contributed by atoms with Crippen LogP contribution in [0.15, 0.2) is 18.2 Å². The highest BCUT2D eigenvalue weighted by Crippen LogP contribution is 2.28. The van der Waals surface area contributed by atoms with Crippen LogP contribution in [0.4, 0.5) is 0 Å². The van der Waals surface area contributed by atoms with E-state index in [4.69, 9.17) is 19.9 Å². The van der Waals surface area contributed by atoms with Crippen LogP contribution in [-0.2, 0) is 11.2 Å². The molecule has 0 bridgehead atoms. The van der Waals surface area contributed by atoms with Crippen molar-refractivity contribution in [2.45, 2.75) is 51.7 Å². The predicted octanol–water partition coefficient (Wildman–Crippen LogP) is 2.92. The molecule has 2 atom stereocenters. The van der Waals surface area contributed by atoms with Gasteiger partial charge in [-0.3, -0.25) is 0 Å². The molecule has 0 radical (unpaired) electrons. The topological polar surface area (TPSA) is 53.7 Å². The number of ether oxygens (including phenoxy) is 3. The first-order chi connectivity index (χ1) is 10.2. The van der Waals surface area contributed by atoms with Gasteiger partial charge in [-0.2, -0.15) is 0 Å². The van der Waals surface area contributed by atoms with Gasteiger partial charge in [-0.25, -0.2) is 0 Å². The fraction of sp³-hybridized carbons (Fsp3) is 0.647. The molecule has 2 unspecified atom stereocenters. The summed E-state index contributed by atoms with van der Waals surface area (Å²) in [4.78, 5) is 0. The van der Waals surface area contributed by atoms with E-state index in [1.54, 1.807) is 0 Å². The van der Waals surface area contributed by atoms with E-state index in [1.165, 1.54) is 0 Å². The molecule has 0 saturated carbocycles. The minimum Gasteiger partial charge on any atom is -0.493 e. The van der Waals surface area contributed by atoms with Gasteiger partial charge in [0.2, 0.25) is 0 Å². The van der Waals surface area contributed by atoms with E-state index >= 15 is 0 Å². The molecule has 1 aromatic rings. The molecule has 21 heavy (non-hydrogen) atoms. The molecule has 118 valence electrons. The average molecular weight is 293 g/mol. The van der Waals surface area contributed by atoms with E-state index in [0.717, 1.165) is 56.0 Å². The van der Waals surface area contributed by atoms with Crippen molar-refractivity contribution in [1.82, 2.24) is 0 Å². The number of benzene rings is 1. The van der Waals surface area contributed by atoms with Crippen molar-refractivity contribution in [3.05, 3.63) is 23.8 Å². The Labute approximate surface area is 127 Å². The number of nitrogens with two attached hydrogens (primary N) is 1. The SMILES string of the molecule is CCCOc1ccc(CC(C)N)c(OC2CCCOC2)c1. The van der Waals surface area contributed by atoms with E-state index in [-0.39, 0.29) is 12.1 Å². The molecular formula is C17H27NO3. The quantitative estimate of drug-likeness (QED) is 0.840. The summed E-state index contributed by atoms with van der Waals surface area (Å²) in [5, 5.41) is 0. The largest absolute Gasteiger partial charge is 0.493 e. The summed E-state index contributed by atoms with van der Waals surface area (Å²) in [6.45, 7) is 6.33. The summed E-state index contributed by atoms with van der Waals surface area (Å²) in [7, 11) is 0. The second-order valence-electron chi connectivity index (χ2n) is 5.76. The van der Waals surface area contributed by atoms with Gasteiger partial charge in [0.05, 0.1) is 13.2 Å². The van der Waals surface area contributed by atoms with E-state index in [9.17, 15) is 0 Å². The van der Waals surface area contributed by atoms with Crippen molar-refractivity contribution in [2.75, 3.05) is 19.8 Å². The molecule has 1 aliphatic heterocycles. The van der Waals surface area contributed by atoms with Crippen LogP contribution in [0.5, 0.6) is 11.5 Å². The average Bonchev–Trinajstić information content (AvgIpc) is 2.48. The van der Waals surface area contributed by atoms with Crippen LogP contribution < -0.4 is 15.2 Å². The van der Waals surface area contributed by atoms with Crippen molar-refractivity contribution < 1.29 is 14.2 Å². The van der Waals surface area contributed by atoms with Gasteiger partial charge in [0.15, 0.2) is 0 Å². The van der Waals surface area contributed by atoms with Crippen molar-refractivity contribution in [2.24, 2.45) is 5.73 Å². The third-order valence-electron chi connectivity index (χ3n) is 3.47. The van der Waals surface area contributed by atoms with Crippen molar-refractivity contribution in [1.29, 1.82) is 0 Å². The highest BCUT2D eigenvalue weighted by molar-refractivity contribution is 5.41. The Morgan fingerprint density at radius 3 is 2.95 bits per heavy atom. The maximum atomic E-state index is 6.15. The Morgan fingerprint density at radius 1 is 1.43 bits per heavy atom. The standard InChI is InChI=1S/C17H27NO3/c1-3-8-20-15-7-6-14(10-13(2)18)17(11-15)21-16-5-4-9-19-12-16/h6-7,11,13,16H,3-5,8-10,12,18H2,1-2H3. The lowest BCUT2D eigenvalue weighted by Crippen LogP contribution is -2.28. The van der Waals surface area contributed by atoms with Gasteiger partial charge in [0.25, 0.3) is 0 Å². The molecule has 0 amide bonds. The van der Waals surface area contributed by atoms with E-state index < -0.39 is 0 Å². The van der Waals surface area contributed by atoms with Crippen LogP contribution in [0, 0.1) is 0 Å². The molecule has 0 aliphatic carbocycles. The van der Waals surface area contributed by atoms with Gasteiger partial charge in [-0.15, -0.1) is 0 Å². The lowest BCUT2D eigenvalue weighted by molar-refractivity contribution is 0.00692. The van der Waals surface area contributed by atoms with Crippen molar-refractivity contribution >= 4 is 0 Å². The van der Waals surface area contributed by atoms with Gasteiger partial charge in [0.1, 0.15) is 17.6 Å². The van der Waals surface area contributed by atoms with E-state index in [0.29, 0.717) is 6.61 Å². The molecule has 1 fully saturated rings. The van der Waals surface area contributed by atoms with Gasteiger partial charge < -0.3 is 19.9 Å². The highest BCUT2D eigenvalue weighted by atomic mass is 16.5. The fourth-order valence-electron chi connectivity index (χ4n) is 2.45. The highest BCUT2D eigenvalue weighted by Gasteiger charge is 2.18. The Morgan fingerprint density at radius 2 is 2.29 bits per heavy atom. The molecule has 1 heterocycles. The molecular weight excluding hydrogens is 266 g/mol. The van der Waals surface area contributed by atoms with Crippen LogP contribution in [0.2, 0.25) is 0 Å². The monoisotopic (exact) mass is 293 g/mol. The van der Waals surface area contributed by atoms with Crippen LogP contribution >= 0.6 is 0 Å². The second-order valence-corrected chi connectivity index (χ2v) is 5.76. The zero-order valence-corrected chi connectivity index (χ0v) is 13.1. The van der Waals surface area contributed by atoms with Crippen LogP contribution in [-0.4, -0.2) is 32.0 Å². The molecule has 1 aliphatic rings. The summed E-state index contributed by atoms with van der Waals surface area (Å²) in [5.74, 6) is 1.74. The molecule has 0 aromatic heterocycles. The molecule has 4 heteroatoms. The smallest absolute Gasteiger partial charge is 0.126 e. The summed E-state index contributed by atoms with van der Waals surface area (Å²) in [5.41, 5.74) is 7.07. The van der Waals surface area contributed by atoms with Crippen molar-refractivity contribution in [3.63, 3.8) is 0 Å². The molecule has 1 saturated heterocycles. The summed E-state index contributed by atoms with van der Waals surface area (Å²) < 4.78 is 17.3. The van der Waals surface area contributed by atoms with Crippen LogP contribution in [0.3, 0.4) is 0 Å². The van der Waals surface area contributed by atoms with Gasteiger partial charge in [-0.1, -0.05) is 13.0 Å². The first-order valence-electron chi connectivity index (χ1n) is 7.94. The summed E-state index contributed by atoms with van der Waals surface area (Å²) in [6.07, 6.45) is 4.02. The number of hydrogen-bond donors (Lipinski definition) is 1. The first kappa shape index (κ1) is 16.1. The van der Waals surface area contributed by atoms with Gasteiger partial charge in [0, 0.05) is 18.7 Å². The minimum absolute atomic E-state index is 0.109. The number of rotatable bonds is 7. The molecule has 2 N–H and O–H groups in total. The molecule has 4 nitrogen and oxygen atoms in total. The van der Waals surface area contributed by atoms with Crippen LogP contribution in [0.1, 0.15) is 38.7 Å². The Bertz CT molecular complexity index is 428. The normalized spacial score (nSPS) is 20.0. The van der Waals surface area contributed by atoms with Crippen molar-refractivity contribution in [3.8, 4) is 11.5 Å². The Kier molecular flexibility index (Phi) is 6.33. The fourth-order valence-corrected chi connectivity index (χ4v) is 2.45. The third kappa shape index (κ3) is 5.21. The maximum Gasteiger partial charge on any atom is 0.126 e. The maximum absolute atomic E-state index is 6.15. The van der Waals surface area contributed by atoms with E-state index in [2.05, 4.69) is 13.0 Å². The molecule has 2 rings (SSSR count). The minimum atomic E-state index is 0.109. The van der Waals surface area contributed by atoms with Gasteiger partial charge >= 0.3 is 0 Å². The molecule has 0 spiro atoms. The van der Waals surface area contributed by atoms with Crippen LogP contribution in [0.25, 0.3) is 0 Å². The molecule has 1 aromatic carbocycles. The second kappa shape index (κ2) is 8.25. The zero-order chi connectivity index (χ0) is 15.1. The Hall–Kier alpha value is -1.26. The lowest BCUT2D eigenvalue weighted by atomic mass is 10.1. The first-order valence-corrected chi connectivity index (χ1v) is 7.94.